The molecule has 0 bridgehead atoms. The molecule has 0 aliphatic heterocycles. The van der Waals surface area contributed by atoms with Crippen LogP contribution in [0.25, 0.3) is 0 Å². The molecule has 0 nitrogen and oxygen atoms in total. The largest absolute Gasteiger partial charge is 0.0924 e. The molecular formula is C7H8IP. The Bertz CT molecular complexity index is 198. The SMILES string of the molecule is CPc1ccccc1I. The van der Waals surface area contributed by atoms with Gasteiger partial charge < -0.3 is 0 Å². The predicted molar refractivity (Wildman–Crippen MR) is 53.0 cm³/mol. The lowest BCUT2D eigenvalue weighted by molar-refractivity contribution is 1.71. The molecule has 0 spiro atoms. The van der Waals surface area contributed by atoms with Gasteiger partial charge in [0.1, 0.15) is 0 Å². The van der Waals surface area contributed by atoms with Crippen LogP contribution in [0.4, 0.5) is 0 Å². The number of rotatable bonds is 1. The van der Waals surface area contributed by atoms with Gasteiger partial charge in [0.15, 0.2) is 0 Å². The Hall–Kier alpha value is 0.380. The molecule has 0 saturated carbocycles. The Morgan fingerprint density at radius 1 is 1.33 bits per heavy atom. The molecule has 1 aromatic carbocycles. The summed E-state index contributed by atoms with van der Waals surface area (Å²) in [6.07, 6.45) is 0. The van der Waals surface area contributed by atoms with Gasteiger partial charge in [0.05, 0.1) is 0 Å². The number of hydrogen-bond donors (Lipinski definition) is 0. The monoisotopic (exact) mass is 250 g/mol. The van der Waals surface area contributed by atoms with Crippen molar-refractivity contribution in [2.45, 2.75) is 0 Å². The van der Waals surface area contributed by atoms with Crippen LogP contribution in [0.3, 0.4) is 0 Å². The van der Waals surface area contributed by atoms with Gasteiger partial charge in [0, 0.05) is 3.57 Å². The molecule has 0 aliphatic carbocycles. The standard InChI is InChI=1S/C7H8IP/c1-9-7-5-3-2-4-6(7)8/h2-5,9H,1H3. The molecule has 0 aliphatic rings. The Balaban J connectivity index is 3.01. The van der Waals surface area contributed by atoms with Crippen molar-refractivity contribution in [1.29, 1.82) is 0 Å². The van der Waals surface area contributed by atoms with Crippen molar-refractivity contribution in [3.63, 3.8) is 0 Å². The fraction of sp³-hybridized carbons (Fsp3) is 0.143. The zero-order chi connectivity index (χ0) is 6.69. The Morgan fingerprint density at radius 3 is 2.44 bits per heavy atom. The zero-order valence-corrected chi connectivity index (χ0v) is 8.34. The van der Waals surface area contributed by atoms with Gasteiger partial charge in [-0.05, 0) is 40.6 Å². The van der Waals surface area contributed by atoms with Crippen LogP contribution >= 0.6 is 31.2 Å². The topological polar surface area (TPSA) is 0 Å². The molecule has 0 aromatic heterocycles. The van der Waals surface area contributed by atoms with E-state index in [1.165, 1.54) is 8.87 Å². The third kappa shape index (κ3) is 1.91. The van der Waals surface area contributed by atoms with E-state index in [0.29, 0.717) is 0 Å². The van der Waals surface area contributed by atoms with Gasteiger partial charge >= 0.3 is 0 Å². The number of halogens is 1. The maximum atomic E-state index is 2.37. The molecule has 9 heavy (non-hydrogen) atoms. The maximum Gasteiger partial charge on any atom is 0.0204 e. The smallest absolute Gasteiger partial charge is 0.0204 e. The summed E-state index contributed by atoms with van der Waals surface area (Å²) >= 11 is 2.37. The summed E-state index contributed by atoms with van der Waals surface area (Å²) in [5.41, 5.74) is 0. The first kappa shape index (κ1) is 7.49. The van der Waals surface area contributed by atoms with Crippen LogP contribution in [0.15, 0.2) is 24.3 Å². The van der Waals surface area contributed by atoms with Crippen molar-refractivity contribution in [3.05, 3.63) is 27.8 Å². The van der Waals surface area contributed by atoms with Crippen LogP contribution in [0.2, 0.25) is 0 Å². The third-order valence-corrected chi connectivity index (χ3v) is 3.57. The molecule has 0 radical (unpaired) electrons. The van der Waals surface area contributed by atoms with Gasteiger partial charge in [-0.15, -0.1) is 0 Å². The lowest BCUT2D eigenvalue weighted by Crippen LogP contribution is -1.96. The van der Waals surface area contributed by atoms with E-state index in [9.17, 15) is 0 Å². The second-order valence-electron chi connectivity index (χ2n) is 1.73. The van der Waals surface area contributed by atoms with Crippen molar-refractivity contribution < 1.29 is 0 Å². The highest BCUT2D eigenvalue weighted by atomic mass is 127. The van der Waals surface area contributed by atoms with E-state index in [-0.39, 0.29) is 0 Å². The first-order valence-electron chi connectivity index (χ1n) is 2.77. The molecule has 48 valence electrons. The molecule has 0 saturated heterocycles. The molecule has 0 N–H and O–H groups in total. The Labute approximate surface area is 71.0 Å². The van der Waals surface area contributed by atoms with E-state index >= 15 is 0 Å². The highest BCUT2D eigenvalue weighted by molar-refractivity contribution is 14.1. The van der Waals surface area contributed by atoms with E-state index in [1.807, 2.05) is 0 Å². The number of benzene rings is 1. The summed E-state index contributed by atoms with van der Waals surface area (Å²) in [5, 5.41) is 1.47. The normalized spacial score (nSPS) is 10.9. The van der Waals surface area contributed by atoms with E-state index < -0.39 is 0 Å². The van der Waals surface area contributed by atoms with Crippen LogP contribution in [-0.2, 0) is 0 Å². The molecular weight excluding hydrogens is 242 g/mol. The minimum atomic E-state index is 0.921. The summed E-state index contributed by atoms with van der Waals surface area (Å²) in [5.74, 6) is 0. The molecule has 0 heterocycles. The van der Waals surface area contributed by atoms with Crippen LogP contribution in [-0.4, -0.2) is 6.66 Å². The van der Waals surface area contributed by atoms with Crippen molar-refractivity contribution >= 4 is 36.5 Å². The van der Waals surface area contributed by atoms with Gasteiger partial charge in [-0.1, -0.05) is 26.8 Å². The van der Waals surface area contributed by atoms with Gasteiger partial charge in [-0.25, -0.2) is 0 Å². The van der Waals surface area contributed by atoms with E-state index in [4.69, 9.17) is 0 Å². The van der Waals surface area contributed by atoms with E-state index in [1.54, 1.807) is 0 Å². The van der Waals surface area contributed by atoms with E-state index in [0.717, 1.165) is 8.58 Å². The number of hydrogen-bond acceptors (Lipinski definition) is 0. The van der Waals surface area contributed by atoms with Gasteiger partial charge in [-0.3, -0.25) is 0 Å². The molecule has 0 fully saturated rings. The Morgan fingerprint density at radius 2 is 2.00 bits per heavy atom. The summed E-state index contributed by atoms with van der Waals surface area (Å²) in [6.45, 7) is 2.21. The molecule has 2 heteroatoms. The molecule has 1 atom stereocenters. The lowest BCUT2D eigenvalue weighted by Gasteiger charge is -1.96. The zero-order valence-electron chi connectivity index (χ0n) is 5.19. The quantitative estimate of drug-likeness (QED) is 0.529. The minimum Gasteiger partial charge on any atom is -0.0924 e. The Kier molecular flexibility index (Phi) is 2.93. The third-order valence-electron chi connectivity index (χ3n) is 1.14. The molecule has 1 unspecified atom stereocenters. The van der Waals surface area contributed by atoms with E-state index in [2.05, 4.69) is 53.5 Å². The van der Waals surface area contributed by atoms with Crippen molar-refractivity contribution in [1.82, 2.24) is 0 Å². The van der Waals surface area contributed by atoms with Crippen molar-refractivity contribution in [2.75, 3.05) is 6.66 Å². The van der Waals surface area contributed by atoms with Gasteiger partial charge in [0.2, 0.25) is 0 Å². The predicted octanol–water partition coefficient (Wildman–Crippen LogP) is 2.22. The summed E-state index contributed by atoms with van der Waals surface area (Å²) in [6, 6.07) is 8.49. The highest BCUT2D eigenvalue weighted by Gasteiger charge is 1.91. The second kappa shape index (κ2) is 3.52. The van der Waals surface area contributed by atoms with Crippen molar-refractivity contribution in [3.8, 4) is 0 Å². The fourth-order valence-electron chi connectivity index (χ4n) is 0.664. The average Bonchev–Trinajstić information content (AvgIpc) is 1.89. The first-order chi connectivity index (χ1) is 4.34. The van der Waals surface area contributed by atoms with Gasteiger partial charge in [-0.2, -0.15) is 0 Å². The lowest BCUT2D eigenvalue weighted by atomic mass is 10.4. The fourth-order valence-corrected chi connectivity index (χ4v) is 2.45. The summed E-state index contributed by atoms with van der Waals surface area (Å²) in [4.78, 5) is 0. The maximum absolute atomic E-state index is 2.37. The van der Waals surface area contributed by atoms with Crippen LogP contribution in [0.5, 0.6) is 0 Å². The molecule has 0 amide bonds. The van der Waals surface area contributed by atoms with Crippen LogP contribution < -0.4 is 5.30 Å². The average molecular weight is 250 g/mol. The van der Waals surface area contributed by atoms with Crippen LogP contribution in [0, 0.1) is 3.57 Å². The minimum absolute atomic E-state index is 0.921. The molecule has 1 aromatic rings. The highest BCUT2D eigenvalue weighted by Crippen LogP contribution is 2.10. The second-order valence-corrected chi connectivity index (χ2v) is 3.93. The molecule has 1 rings (SSSR count). The van der Waals surface area contributed by atoms with Crippen LogP contribution in [0.1, 0.15) is 0 Å². The summed E-state index contributed by atoms with van der Waals surface area (Å²) in [7, 11) is 0.921. The first-order valence-corrected chi connectivity index (χ1v) is 5.35. The van der Waals surface area contributed by atoms with Crippen molar-refractivity contribution in [2.24, 2.45) is 0 Å². The van der Waals surface area contributed by atoms with Gasteiger partial charge in [0.25, 0.3) is 0 Å². The summed E-state index contributed by atoms with van der Waals surface area (Å²) < 4.78 is 1.39.